The average molecular weight is 338 g/mol. The number of benzene rings is 1. The molecule has 20 heavy (non-hydrogen) atoms. The first-order chi connectivity index (χ1) is 9.61. The standard InChI is InChI=1S/C16H20BrNO2/c1-12(17)11-18-9-5-7-14(16(19)20-2)10-13-6-3-4-8-15(13)18/h3-4,6,8,10,12H,5,7,9,11H2,1-2H3/b14-10+. The van der Waals surface area contributed by atoms with E-state index in [9.17, 15) is 4.79 Å². The fraction of sp³-hybridized carbons (Fsp3) is 0.438. The maximum atomic E-state index is 11.8. The summed E-state index contributed by atoms with van der Waals surface area (Å²) in [6.45, 7) is 4.05. The Morgan fingerprint density at radius 3 is 2.90 bits per heavy atom. The minimum absolute atomic E-state index is 0.220. The largest absolute Gasteiger partial charge is 0.466 e. The molecule has 3 nitrogen and oxygen atoms in total. The van der Waals surface area contributed by atoms with Crippen LogP contribution in [0.1, 0.15) is 25.3 Å². The van der Waals surface area contributed by atoms with Gasteiger partial charge in [-0.25, -0.2) is 4.79 Å². The molecule has 0 amide bonds. The van der Waals surface area contributed by atoms with Gasteiger partial charge in [-0.3, -0.25) is 0 Å². The number of hydrogen-bond donors (Lipinski definition) is 0. The zero-order chi connectivity index (χ0) is 14.5. The molecule has 0 aromatic heterocycles. The molecule has 0 saturated heterocycles. The van der Waals surface area contributed by atoms with Gasteiger partial charge in [0.05, 0.1) is 7.11 Å². The Morgan fingerprint density at radius 2 is 2.20 bits per heavy atom. The fourth-order valence-electron chi connectivity index (χ4n) is 2.52. The van der Waals surface area contributed by atoms with E-state index in [1.54, 1.807) is 0 Å². The van der Waals surface area contributed by atoms with Gasteiger partial charge in [-0.05, 0) is 30.5 Å². The van der Waals surface area contributed by atoms with Gasteiger partial charge in [0.1, 0.15) is 0 Å². The summed E-state index contributed by atoms with van der Waals surface area (Å²) < 4.78 is 4.86. The lowest BCUT2D eigenvalue weighted by molar-refractivity contribution is -0.136. The van der Waals surface area contributed by atoms with Crippen molar-refractivity contribution in [3.8, 4) is 0 Å². The number of ether oxygens (including phenoxy) is 1. The average Bonchev–Trinajstić information content (AvgIpc) is 2.42. The predicted molar refractivity (Wildman–Crippen MR) is 86.3 cm³/mol. The van der Waals surface area contributed by atoms with Crippen molar-refractivity contribution in [2.45, 2.75) is 24.6 Å². The topological polar surface area (TPSA) is 29.5 Å². The Morgan fingerprint density at radius 1 is 1.45 bits per heavy atom. The number of carbonyl (C=O) groups excluding carboxylic acids is 1. The van der Waals surface area contributed by atoms with Gasteiger partial charge in [0.2, 0.25) is 0 Å². The normalized spacial score (nSPS) is 19.1. The highest BCUT2D eigenvalue weighted by atomic mass is 79.9. The van der Waals surface area contributed by atoms with Crippen LogP contribution in [0.5, 0.6) is 0 Å². The number of anilines is 1. The van der Waals surface area contributed by atoms with Crippen LogP contribution in [0.15, 0.2) is 29.8 Å². The summed E-state index contributed by atoms with van der Waals surface area (Å²) in [4.78, 5) is 14.6. The maximum absolute atomic E-state index is 11.8. The van der Waals surface area contributed by atoms with Crippen LogP contribution < -0.4 is 4.90 Å². The SMILES string of the molecule is COC(=O)/C1=C/c2ccccc2N(CC(C)Br)CCC1. The van der Waals surface area contributed by atoms with Crippen molar-refractivity contribution in [2.75, 3.05) is 25.1 Å². The molecular weight excluding hydrogens is 318 g/mol. The summed E-state index contributed by atoms with van der Waals surface area (Å²) >= 11 is 3.62. The van der Waals surface area contributed by atoms with Gasteiger partial charge in [-0.1, -0.05) is 41.1 Å². The molecule has 4 heteroatoms. The number of halogens is 1. The van der Waals surface area contributed by atoms with E-state index in [-0.39, 0.29) is 5.97 Å². The van der Waals surface area contributed by atoms with Crippen molar-refractivity contribution < 1.29 is 9.53 Å². The van der Waals surface area contributed by atoms with Gasteiger partial charge >= 0.3 is 5.97 Å². The minimum Gasteiger partial charge on any atom is -0.466 e. The van der Waals surface area contributed by atoms with Gasteiger partial charge in [0.15, 0.2) is 0 Å². The molecule has 1 heterocycles. The van der Waals surface area contributed by atoms with Crippen LogP contribution in [0.4, 0.5) is 5.69 Å². The van der Waals surface area contributed by atoms with E-state index in [0.717, 1.165) is 37.1 Å². The van der Waals surface area contributed by atoms with Crippen LogP contribution in [0.2, 0.25) is 0 Å². The fourth-order valence-corrected chi connectivity index (χ4v) is 2.87. The molecule has 2 rings (SSSR count). The third-order valence-electron chi connectivity index (χ3n) is 3.40. The number of alkyl halides is 1. The first-order valence-electron chi connectivity index (χ1n) is 6.88. The van der Waals surface area contributed by atoms with Crippen molar-refractivity contribution >= 4 is 33.7 Å². The van der Waals surface area contributed by atoms with Crippen LogP contribution in [0, 0.1) is 0 Å². The summed E-state index contributed by atoms with van der Waals surface area (Å²) in [6.07, 6.45) is 3.68. The smallest absolute Gasteiger partial charge is 0.333 e. The molecule has 0 aliphatic carbocycles. The lowest BCUT2D eigenvalue weighted by Gasteiger charge is -2.29. The molecule has 0 fully saturated rings. The third kappa shape index (κ3) is 3.63. The molecule has 1 aromatic rings. The molecule has 0 bridgehead atoms. The van der Waals surface area contributed by atoms with E-state index in [0.29, 0.717) is 4.83 Å². The van der Waals surface area contributed by atoms with Gasteiger partial charge in [-0.2, -0.15) is 0 Å². The molecule has 1 atom stereocenters. The first kappa shape index (κ1) is 15.1. The Kier molecular flexibility index (Phi) is 5.24. The van der Waals surface area contributed by atoms with Crippen LogP contribution in [0.3, 0.4) is 0 Å². The molecule has 0 N–H and O–H groups in total. The second-order valence-electron chi connectivity index (χ2n) is 5.05. The van der Waals surface area contributed by atoms with Gasteiger partial charge in [0.25, 0.3) is 0 Å². The zero-order valence-corrected chi connectivity index (χ0v) is 13.5. The van der Waals surface area contributed by atoms with Crippen LogP contribution in [0.25, 0.3) is 6.08 Å². The van der Waals surface area contributed by atoms with Crippen molar-refractivity contribution in [1.82, 2.24) is 0 Å². The molecule has 1 aromatic carbocycles. The molecule has 0 radical (unpaired) electrons. The molecule has 1 aliphatic rings. The summed E-state index contributed by atoms with van der Waals surface area (Å²) in [5.41, 5.74) is 3.02. The number of carbonyl (C=O) groups is 1. The Hall–Kier alpha value is -1.29. The van der Waals surface area contributed by atoms with Crippen molar-refractivity contribution in [1.29, 1.82) is 0 Å². The third-order valence-corrected chi connectivity index (χ3v) is 3.69. The van der Waals surface area contributed by atoms with Crippen LogP contribution in [-0.2, 0) is 9.53 Å². The van der Waals surface area contributed by atoms with Gasteiger partial charge < -0.3 is 9.64 Å². The predicted octanol–water partition coefficient (Wildman–Crippen LogP) is 3.63. The molecule has 0 spiro atoms. The second kappa shape index (κ2) is 6.93. The lowest BCUT2D eigenvalue weighted by Crippen LogP contribution is -2.31. The van der Waals surface area contributed by atoms with Crippen LogP contribution in [-0.4, -0.2) is 31.0 Å². The number of methoxy groups -OCH3 is 1. The van der Waals surface area contributed by atoms with Crippen LogP contribution >= 0.6 is 15.9 Å². The molecular formula is C16H20BrNO2. The quantitative estimate of drug-likeness (QED) is 0.623. The van der Waals surface area contributed by atoms with E-state index >= 15 is 0 Å². The highest BCUT2D eigenvalue weighted by Gasteiger charge is 2.18. The van der Waals surface area contributed by atoms with Gasteiger partial charge in [0, 0.05) is 29.2 Å². The van der Waals surface area contributed by atoms with E-state index in [1.165, 1.54) is 12.8 Å². The number of fused-ring (bicyclic) bond motifs is 1. The number of rotatable bonds is 3. The second-order valence-corrected chi connectivity index (χ2v) is 6.61. The van der Waals surface area contributed by atoms with Crippen molar-refractivity contribution in [2.24, 2.45) is 0 Å². The van der Waals surface area contributed by atoms with Crippen molar-refractivity contribution in [3.63, 3.8) is 0 Å². The highest BCUT2D eigenvalue weighted by molar-refractivity contribution is 9.09. The van der Waals surface area contributed by atoms with E-state index in [2.05, 4.69) is 39.9 Å². The summed E-state index contributed by atoms with van der Waals surface area (Å²) in [5.74, 6) is -0.220. The lowest BCUT2D eigenvalue weighted by atomic mass is 10.0. The van der Waals surface area contributed by atoms with Gasteiger partial charge in [-0.15, -0.1) is 0 Å². The minimum atomic E-state index is -0.220. The Bertz CT molecular complexity index is 511. The first-order valence-corrected chi connectivity index (χ1v) is 7.80. The summed E-state index contributed by atoms with van der Waals surface area (Å²) in [7, 11) is 1.44. The molecule has 1 unspecified atom stereocenters. The number of para-hydroxylation sites is 1. The number of esters is 1. The van der Waals surface area contributed by atoms with E-state index < -0.39 is 0 Å². The maximum Gasteiger partial charge on any atom is 0.333 e. The number of nitrogens with zero attached hydrogens (tertiary/aromatic N) is 1. The Balaban J connectivity index is 2.39. The summed E-state index contributed by atoms with van der Waals surface area (Å²) in [6, 6.07) is 8.20. The van der Waals surface area contributed by atoms with E-state index in [4.69, 9.17) is 4.74 Å². The molecule has 1 aliphatic heterocycles. The Labute approximate surface area is 128 Å². The molecule has 0 saturated carbocycles. The number of hydrogen-bond acceptors (Lipinski definition) is 3. The monoisotopic (exact) mass is 337 g/mol. The van der Waals surface area contributed by atoms with Crippen molar-refractivity contribution in [3.05, 3.63) is 35.4 Å². The highest BCUT2D eigenvalue weighted by Crippen LogP contribution is 2.28. The summed E-state index contributed by atoms with van der Waals surface area (Å²) in [5, 5.41) is 0. The molecule has 108 valence electrons. The van der Waals surface area contributed by atoms with E-state index in [1.807, 2.05) is 18.2 Å². The zero-order valence-electron chi connectivity index (χ0n) is 11.9.